The van der Waals surface area contributed by atoms with Gasteiger partial charge in [-0.1, -0.05) is 28.1 Å². The van der Waals surface area contributed by atoms with Crippen molar-refractivity contribution in [3.05, 3.63) is 23.2 Å². The molecule has 2 heteroatoms. The van der Waals surface area contributed by atoms with Crippen LogP contribution in [0.25, 0.3) is 0 Å². The first kappa shape index (κ1) is 9.92. The molecule has 0 fully saturated rings. The van der Waals surface area contributed by atoms with Gasteiger partial charge >= 0.3 is 0 Å². The highest BCUT2D eigenvalue weighted by Gasteiger charge is 1.88. The Hall–Kier alpha value is -0.0800. The van der Waals surface area contributed by atoms with Crippen molar-refractivity contribution in [3.63, 3.8) is 0 Å². The Morgan fingerprint density at radius 3 is 2.50 bits per heavy atom. The molecular weight excluding hydrogens is 190 g/mol. The molecule has 0 saturated carbocycles. The van der Waals surface area contributed by atoms with Gasteiger partial charge in [-0.3, -0.25) is 0 Å². The van der Waals surface area contributed by atoms with Crippen molar-refractivity contribution in [3.8, 4) is 0 Å². The van der Waals surface area contributed by atoms with E-state index in [0.29, 0.717) is 0 Å². The van der Waals surface area contributed by atoms with E-state index in [1.807, 2.05) is 6.92 Å². The predicted molar refractivity (Wildman–Crippen MR) is 50.4 cm³/mol. The maximum atomic E-state index is 3.80. The molecule has 0 rings (SSSR count). The van der Waals surface area contributed by atoms with E-state index in [0.717, 1.165) is 24.0 Å². The van der Waals surface area contributed by atoms with Gasteiger partial charge in [0, 0.05) is 11.0 Å². The van der Waals surface area contributed by atoms with Gasteiger partial charge in [-0.05, 0) is 19.9 Å². The van der Waals surface area contributed by atoms with Gasteiger partial charge in [-0.25, -0.2) is 0 Å². The first-order valence-corrected chi connectivity index (χ1v) is 4.10. The summed E-state index contributed by atoms with van der Waals surface area (Å²) in [5.74, 6) is 0. The molecule has 10 heavy (non-hydrogen) atoms. The van der Waals surface area contributed by atoms with Crippen LogP contribution in [0.15, 0.2) is 23.2 Å². The molecule has 0 unspecified atom stereocenters. The van der Waals surface area contributed by atoms with Crippen molar-refractivity contribution in [1.82, 2.24) is 5.32 Å². The zero-order chi connectivity index (χ0) is 7.98. The Kier molecular flexibility index (Phi) is 5.64. The fourth-order valence-electron chi connectivity index (χ4n) is 0.526. The normalized spacial score (nSPS) is 9.40. The monoisotopic (exact) mass is 203 g/mol. The molecule has 1 N–H and O–H groups in total. The van der Waals surface area contributed by atoms with Crippen molar-refractivity contribution in [1.29, 1.82) is 0 Å². The molecule has 0 aromatic rings. The van der Waals surface area contributed by atoms with Crippen molar-refractivity contribution in [2.45, 2.75) is 13.3 Å². The van der Waals surface area contributed by atoms with Crippen LogP contribution in [0.2, 0.25) is 0 Å². The van der Waals surface area contributed by atoms with Crippen LogP contribution in [0.1, 0.15) is 13.3 Å². The third-order valence-corrected chi connectivity index (χ3v) is 1.33. The molecule has 0 amide bonds. The van der Waals surface area contributed by atoms with Crippen molar-refractivity contribution in [2.75, 3.05) is 13.1 Å². The largest absolute Gasteiger partial charge is 0.312 e. The van der Waals surface area contributed by atoms with Gasteiger partial charge in [0.1, 0.15) is 0 Å². The molecule has 0 saturated heterocycles. The molecule has 0 aromatic heterocycles. The van der Waals surface area contributed by atoms with Crippen LogP contribution in [-0.4, -0.2) is 13.1 Å². The van der Waals surface area contributed by atoms with Crippen molar-refractivity contribution in [2.24, 2.45) is 0 Å². The van der Waals surface area contributed by atoms with Gasteiger partial charge in [0.25, 0.3) is 0 Å². The second-order valence-corrected chi connectivity index (χ2v) is 3.52. The summed E-state index contributed by atoms with van der Waals surface area (Å²) in [7, 11) is 0. The van der Waals surface area contributed by atoms with Crippen LogP contribution in [0.5, 0.6) is 0 Å². The van der Waals surface area contributed by atoms with Gasteiger partial charge in [0.05, 0.1) is 0 Å². The molecule has 0 aromatic carbocycles. The lowest BCUT2D eigenvalue weighted by atomic mass is 10.2. The third kappa shape index (κ3) is 7.92. The summed E-state index contributed by atoms with van der Waals surface area (Å²) in [4.78, 5) is 0. The number of hydrogen-bond acceptors (Lipinski definition) is 1. The summed E-state index contributed by atoms with van der Waals surface area (Å²) in [6.45, 7) is 11.4. The first-order chi connectivity index (χ1) is 4.63. The van der Waals surface area contributed by atoms with E-state index in [4.69, 9.17) is 0 Å². The molecule has 0 bridgehead atoms. The molecule has 0 spiro atoms. The smallest absolute Gasteiger partial charge is 0.0265 e. The molecule has 0 atom stereocenters. The SMILES string of the molecule is C=C(C)CCNCC(=C)Br. The quantitative estimate of drug-likeness (QED) is 0.535. The molecule has 0 aliphatic heterocycles. The lowest BCUT2D eigenvalue weighted by molar-refractivity contribution is 0.739. The lowest BCUT2D eigenvalue weighted by Gasteiger charge is -2.01. The maximum absolute atomic E-state index is 3.80. The summed E-state index contributed by atoms with van der Waals surface area (Å²) < 4.78 is 0.995. The van der Waals surface area contributed by atoms with Gasteiger partial charge in [-0.2, -0.15) is 0 Å². The summed E-state index contributed by atoms with van der Waals surface area (Å²) >= 11 is 3.26. The predicted octanol–water partition coefficient (Wildman–Crippen LogP) is 2.45. The fourth-order valence-corrected chi connectivity index (χ4v) is 0.724. The van der Waals surface area contributed by atoms with Crippen molar-refractivity contribution < 1.29 is 0 Å². The molecule has 0 radical (unpaired) electrons. The van der Waals surface area contributed by atoms with E-state index >= 15 is 0 Å². The lowest BCUT2D eigenvalue weighted by Crippen LogP contribution is -2.16. The Bertz CT molecular complexity index is 113. The highest BCUT2D eigenvalue weighted by atomic mass is 79.9. The minimum Gasteiger partial charge on any atom is -0.312 e. The number of nitrogens with one attached hydrogen (secondary N) is 1. The van der Waals surface area contributed by atoms with Crippen LogP contribution < -0.4 is 5.32 Å². The summed E-state index contributed by atoms with van der Waals surface area (Å²) in [5, 5.41) is 3.21. The third-order valence-electron chi connectivity index (χ3n) is 1.05. The number of rotatable bonds is 5. The summed E-state index contributed by atoms with van der Waals surface area (Å²) in [6.07, 6.45) is 1.04. The highest BCUT2D eigenvalue weighted by Crippen LogP contribution is 1.97. The molecular formula is C8H14BrN. The summed E-state index contributed by atoms with van der Waals surface area (Å²) in [5.41, 5.74) is 1.22. The topological polar surface area (TPSA) is 12.0 Å². The molecule has 58 valence electrons. The van der Waals surface area contributed by atoms with Gasteiger partial charge in [0.2, 0.25) is 0 Å². The zero-order valence-corrected chi connectivity index (χ0v) is 8.00. The van der Waals surface area contributed by atoms with Crippen LogP contribution in [0.4, 0.5) is 0 Å². The zero-order valence-electron chi connectivity index (χ0n) is 6.41. The molecule has 0 heterocycles. The minimum absolute atomic E-state index is 0.841. The fraction of sp³-hybridized carbons (Fsp3) is 0.500. The maximum Gasteiger partial charge on any atom is 0.0265 e. The summed E-state index contributed by atoms with van der Waals surface area (Å²) in [6, 6.07) is 0. The van der Waals surface area contributed by atoms with Crippen LogP contribution in [-0.2, 0) is 0 Å². The Balaban J connectivity index is 3.06. The first-order valence-electron chi connectivity index (χ1n) is 3.31. The van der Waals surface area contributed by atoms with E-state index in [2.05, 4.69) is 34.4 Å². The standard InChI is InChI=1S/C8H14BrN/c1-7(2)4-5-10-6-8(3)9/h10H,1,3-6H2,2H3. The van der Waals surface area contributed by atoms with Gasteiger partial charge < -0.3 is 5.32 Å². The van der Waals surface area contributed by atoms with E-state index < -0.39 is 0 Å². The second-order valence-electron chi connectivity index (χ2n) is 2.40. The van der Waals surface area contributed by atoms with E-state index in [9.17, 15) is 0 Å². The van der Waals surface area contributed by atoms with E-state index in [1.54, 1.807) is 0 Å². The van der Waals surface area contributed by atoms with Gasteiger partial charge in [-0.15, -0.1) is 6.58 Å². The Morgan fingerprint density at radius 1 is 1.50 bits per heavy atom. The van der Waals surface area contributed by atoms with Crippen molar-refractivity contribution >= 4 is 15.9 Å². The van der Waals surface area contributed by atoms with Crippen LogP contribution in [0, 0.1) is 0 Å². The molecule has 0 aliphatic carbocycles. The van der Waals surface area contributed by atoms with E-state index in [1.165, 1.54) is 5.57 Å². The number of hydrogen-bond donors (Lipinski definition) is 1. The molecule has 1 nitrogen and oxygen atoms in total. The average Bonchev–Trinajstić information content (AvgIpc) is 1.79. The molecule has 0 aliphatic rings. The van der Waals surface area contributed by atoms with Crippen LogP contribution in [0.3, 0.4) is 0 Å². The van der Waals surface area contributed by atoms with Gasteiger partial charge in [0.15, 0.2) is 0 Å². The van der Waals surface area contributed by atoms with Crippen LogP contribution >= 0.6 is 15.9 Å². The average molecular weight is 204 g/mol. The number of halogens is 1. The second kappa shape index (κ2) is 5.69. The minimum atomic E-state index is 0.841. The Labute approximate surface area is 71.3 Å². The van der Waals surface area contributed by atoms with E-state index in [-0.39, 0.29) is 0 Å². The highest BCUT2D eigenvalue weighted by molar-refractivity contribution is 9.11. The Morgan fingerprint density at radius 2 is 2.10 bits per heavy atom.